The molecule has 0 bridgehead atoms. The van der Waals surface area contributed by atoms with Gasteiger partial charge in [0.2, 0.25) is 0 Å². The van der Waals surface area contributed by atoms with E-state index in [4.69, 9.17) is 15.3 Å². The third-order valence-electron chi connectivity index (χ3n) is 1.97. The lowest BCUT2D eigenvalue weighted by atomic mass is 10.0. The molecule has 0 fully saturated rings. The zero-order valence-corrected chi connectivity index (χ0v) is 9.02. The van der Waals surface area contributed by atoms with E-state index in [0.717, 1.165) is 0 Å². The molecular formula is C8H18N2O7. The summed E-state index contributed by atoms with van der Waals surface area (Å²) in [5.74, 6) is -1.05. The van der Waals surface area contributed by atoms with Crippen molar-refractivity contribution in [2.45, 2.75) is 24.4 Å². The summed E-state index contributed by atoms with van der Waals surface area (Å²) < 4.78 is 0. The highest BCUT2D eigenvalue weighted by Gasteiger charge is 2.33. The van der Waals surface area contributed by atoms with Crippen LogP contribution in [0.2, 0.25) is 0 Å². The first-order valence-corrected chi connectivity index (χ1v) is 4.92. The van der Waals surface area contributed by atoms with Crippen LogP contribution in [0, 0.1) is 0 Å². The topological polar surface area (TPSA) is 163 Å². The molecule has 0 unspecified atom stereocenters. The number of nitrogens with one attached hydrogen (secondary N) is 2. The molecule has 1 amide bonds. The van der Waals surface area contributed by atoms with Crippen LogP contribution in [0.3, 0.4) is 0 Å². The minimum atomic E-state index is -1.99. The van der Waals surface area contributed by atoms with Crippen LogP contribution in [0.4, 0.5) is 0 Å². The fourth-order valence-corrected chi connectivity index (χ4v) is 0.957. The molecule has 17 heavy (non-hydrogen) atoms. The molecule has 9 nitrogen and oxygen atoms in total. The molecular weight excluding hydrogens is 236 g/mol. The summed E-state index contributed by atoms with van der Waals surface area (Å²) in [6, 6.07) is 0. The summed E-state index contributed by atoms with van der Waals surface area (Å²) in [5, 5.41) is 53.7. The van der Waals surface area contributed by atoms with Crippen molar-refractivity contribution in [3.63, 3.8) is 0 Å². The van der Waals surface area contributed by atoms with Gasteiger partial charge in [-0.2, -0.15) is 0 Å². The maximum Gasteiger partial charge on any atom is 0.265 e. The average Bonchev–Trinajstić information content (AvgIpc) is 2.35. The standard InChI is InChI=1S/C8H18N2O7/c11-2-1-9-10-8(17)7(16)6(15)5(14)4(13)3-12/h4-7,9,11-16H,1-3H2,(H,10,17)/t4-,5-,6+,7+/m1/s1. The molecule has 9 heteroatoms. The number of amides is 1. The van der Waals surface area contributed by atoms with E-state index in [2.05, 4.69) is 5.43 Å². The Morgan fingerprint density at radius 1 is 1.06 bits per heavy atom. The van der Waals surface area contributed by atoms with E-state index < -0.39 is 36.9 Å². The molecule has 0 saturated carbocycles. The van der Waals surface area contributed by atoms with E-state index in [0.29, 0.717) is 0 Å². The van der Waals surface area contributed by atoms with Gasteiger partial charge in [0.1, 0.15) is 18.3 Å². The molecule has 0 aromatic heterocycles. The summed E-state index contributed by atoms with van der Waals surface area (Å²) in [7, 11) is 0. The first-order chi connectivity index (χ1) is 7.95. The number of hydrogen-bond acceptors (Lipinski definition) is 8. The summed E-state index contributed by atoms with van der Waals surface area (Å²) in [6.07, 6.45) is -7.47. The summed E-state index contributed by atoms with van der Waals surface area (Å²) in [6.45, 7) is -1.03. The predicted molar refractivity (Wildman–Crippen MR) is 54.3 cm³/mol. The molecule has 0 aliphatic heterocycles. The van der Waals surface area contributed by atoms with Crippen LogP contribution in [-0.4, -0.2) is 80.7 Å². The van der Waals surface area contributed by atoms with Gasteiger partial charge in [-0.15, -0.1) is 0 Å². The van der Waals surface area contributed by atoms with Gasteiger partial charge in [-0.05, 0) is 0 Å². The Morgan fingerprint density at radius 3 is 2.12 bits per heavy atom. The van der Waals surface area contributed by atoms with Crippen molar-refractivity contribution in [1.29, 1.82) is 0 Å². The van der Waals surface area contributed by atoms with E-state index in [-0.39, 0.29) is 13.2 Å². The second kappa shape index (κ2) is 8.31. The Morgan fingerprint density at radius 2 is 1.65 bits per heavy atom. The molecule has 0 spiro atoms. The predicted octanol–water partition coefficient (Wildman–Crippen LogP) is -4.96. The van der Waals surface area contributed by atoms with E-state index in [1.807, 2.05) is 5.43 Å². The monoisotopic (exact) mass is 254 g/mol. The first-order valence-electron chi connectivity index (χ1n) is 4.92. The van der Waals surface area contributed by atoms with Crippen molar-refractivity contribution in [1.82, 2.24) is 10.9 Å². The molecule has 0 radical (unpaired) electrons. The molecule has 0 heterocycles. The lowest BCUT2D eigenvalue weighted by Crippen LogP contribution is -2.54. The number of aliphatic hydroxyl groups excluding tert-OH is 6. The highest BCUT2D eigenvalue weighted by Crippen LogP contribution is 2.04. The zero-order chi connectivity index (χ0) is 13.4. The highest BCUT2D eigenvalue weighted by atomic mass is 16.4. The van der Waals surface area contributed by atoms with Crippen LogP contribution in [0.15, 0.2) is 0 Å². The highest BCUT2D eigenvalue weighted by molar-refractivity contribution is 5.80. The fraction of sp³-hybridized carbons (Fsp3) is 0.875. The Bertz CT molecular complexity index is 228. The minimum absolute atomic E-state index is 0.0381. The molecule has 102 valence electrons. The third-order valence-corrected chi connectivity index (χ3v) is 1.97. The smallest absolute Gasteiger partial charge is 0.265 e. The molecule has 0 rings (SSSR count). The fourth-order valence-electron chi connectivity index (χ4n) is 0.957. The lowest BCUT2D eigenvalue weighted by molar-refractivity contribution is -0.149. The van der Waals surface area contributed by atoms with Crippen LogP contribution in [-0.2, 0) is 4.79 Å². The average molecular weight is 254 g/mol. The normalized spacial score (nSPS) is 18.2. The SMILES string of the molecule is O=C(NNCCO)[C@@H](O)[C@@H](O)[C@H](O)[C@H](O)CO. The van der Waals surface area contributed by atoms with Crippen molar-refractivity contribution in [3.8, 4) is 0 Å². The molecule has 0 aromatic rings. The maximum atomic E-state index is 11.2. The Labute approximate surface area is 97.3 Å². The number of hydrazine groups is 1. The van der Waals surface area contributed by atoms with Gasteiger partial charge in [0.05, 0.1) is 13.2 Å². The molecule has 0 aliphatic rings. The van der Waals surface area contributed by atoms with Crippen molar-refractivity contribution in [2.24, 2.45) is 0 Å². The Balaban J connectivity index is 4.18. The van der Waals surface area contributed by atoms with E-state index in [1.54, 1.807) is 0 Å². The van der Waals surface area contributed by atoms with Gasteiger partial charge in [0, 0.05) is 6.54 Å². The van der Waals surface area contributed by atoms with Gasteiger partial charge in [-0.1, -0.05) is 0 Å². The van der Waals surface area contributed by atoms with Gasteiger partial charge in [0.25, 0.3) is 5.91 Å². The summed E-state index contributed by atoms with van der Waals surface area (Å²) >= 11 is 0. The van der Waals surface area contributed by atoms with Crippen LogP contribution < -0.4 is 10.9 Å². The quantitative estimate of drug-likeness (QED) is 0.158. The van der Waals surface area contributed by atoms with E-state index in [1.165, 1.54) is 0 Å². The van der Waals surface area contributed by atoms with E-state index in [9.17, 15) is 20.1 Å². The molecule has 0 saturated heterocycles. The minimum Gasteiger partial charge on any atom is -0.395 e. The van der Waals surface area contributed by atoms with E-state index >= 15 is 0 Å². The van der Waals surface area contributed by atoms with Crippen LogP contribution in [0.25, 0.3) is 0 Å². The van der Waals surface area contributed by atoms with Crippen molar-refractivity contribution in [3.05, 3.63) is 0 Å². The van der Waals surface area contributed by atoms with Crippen molar-refractivity contribution < 1.29 is 35.4 Å². The van der Waals surface area contributed by atoms with Crippen LogP contribution in [0.5, 0.6) is 0 Å². The number of hydrogen-bond donors (Lipinski definition) is 8. The van der Waals surface area contributed by atoms with Crippen molar-refractivity contribution >= 4 is 5.91 Å². The summed E-state index contributed by atoms with van der Waals surface area (Å²) in [5.41, 5.74) is 4.20. The number of carbonyl (C=O) groups is 1. The number of carbonyl (C=O) groups excluding carboxylic acids is 1. The number of aliphatic hydroxyl groups is 6. The second-order valence-corrected chi connectivity index (χ2v) is 3.32. The van der Waals surface area contributed by atoms with Gasteiger partial charge < -0.3 is 30.6 Å². The molecule has 0 aromatic carbocycles. The lowest BCUT2D eigenvalue weighted by Gasteiger charge is -2.24. The Hall–Kier alpha value is -0.810. The van der Waals surface area contributed by atoms with Crippen molar-refractivity contribution in [2.75, 3.05) is 19.8 Å². The van der Waals surface area contributed by atoms with Gasteiger partial charge >= 0.3 is 0 Å². The molecule has 0 aliphatic carbocycles. The van der Waals surface area contributed by atoms with Gasteiger partial charge in [0.15, 0.2) is 6.10 Å². The molecule has 4 atom stereocenters. The summed E-state index contributed by atoms with van der Waals surface area (Å²) in [4.78, 5) is 11.2. The zero-order valence-electron chi connectivity index (χ0n) is 9.02. The van der Waals surface area contributed by atoms with Gasteiger partial charge in [-0.3, -0.25) is 10.2 Å². The number of rotatable bonds is 8. The third kappa shape index (κ3) is 5.37. The molecule has 8 N–H and O–H groups in total. The largest absolute Gasteiger partial charge is 0.395 e. The Kier molecular flexibility index (Phi) is 7.91. The van der Waals surface area contributed by atoms with Crippen LogP contribution >= 0.6 is 0 Å². The first kappa shape index (κ1) is 16.2. The maximum absolute atomic E-state index is 11.2. The van der Waals surface area contributed by atoms with Crippen LogP contribution in [0.1, 0.15) is 0 Å². The second-order valence-electron chi connectivity index (χ2n) is 3.32. The van der Waals surface area contributed by atoms with Gasteiger partial charge in [-0.25, -0.2) is 5.43 Å².